The van der Waals surface area contributed by atoms with Gasteiger partial charge in [0.1, 0.15) is 11.4 Å². The van der Waals surface area contributed by atoms with E-state index < -0.39 is 11.8 Å². The number of hydrogen-bond acceptors (Lipinski definition) is 3. The molecule has 0 spiro atoms. The number of pyridine rings is 1. The molecule has 0 aliphatic carbocycles. The summed E-state index contributed by atoms with van der Waals surface area (Å²) < 4.78 is 0. The monoisotopic (exact) mass is 453 g/mol. The lowest BCUT2D eigenvalue weighted by Gasteiger charge is -2.11. The summed E-state index contributed by atoms with van der Waals surface area (Å²) in [5.74, 6) is -1.14. The summed E-state index contributed by atoms with van der Waals surface area (Å²) in [6.45, 7) is 0. The van der Waals surface area contributed by atoms with Crippen LogP contribution in [0.3, 0.4) is 0 Å². The molecule has 2 N–H and O–H groups in total. The minimum atomic E-state index is -0.569. The zero-order valence-corrected chi connectivity index (χ0v) is 17.0. The van der Waals surface area contributed by atoms with Crippen LogP contribution in [0.1, 0.15) is 21.0 Å². The summed E-state index contributed by atoms with van der Waals surface area (Å²) in [5, 5.41) is 6.30. The van der Waals surface area contributed by atoms with E-state index in [9.17, 15) is 9.59 Å². The number of rotatable bonds is 4. The third kappa shape index (κ3) is 4.56. The van der Waals surface area contributed by atoms with Gasteiger partial charge in [-0.05, 0) is 36.4 Å². The van der Waals surface area contributed by atoms with Crippen LogP contribution in [0.2, 0.25) is 20.1 Å². The average molecular weight is 455 g/mol. The van der Waals surface area contributed by atoms with Crippen molar-refractivity contribution in [1.29, 1.82) is 0 Å². The Bertz CT molecular complexity index is 952. The Morgan fingerprint density at radius 2 is 0.929 bits per heavy atom. The Labute approximate surface area is 180 Å². The molecule has 0 aliphatic heterocycles. The highest BCUT2D eigenvalue weighted by molar-refractivity contribution is 6.40. The van der Waals surface area contributed by atoms with E-state index in [0.717, 1.165) is 0 Å². The number of nitrogens with zero attached hydrogens (tertiary/aromatic N) is 1. The van der Waals surface area contributed by atoms with Crippen LogP contribution in [0.5, 0.6) is 0 Å². The van der Waals surface area contributed by atoms with Crippen molar-refractivity contribution >= 4 is 69.6 Å². The Morgan fingerprint density at radius 1 is 0.607 bits per heavy atom. The van der Waals surface area contributed by atoms with E-state index in [4.69, 9.17) is 46.4 Å². The predicted octanol–water partition coefficient (Wildman–Crippen LogP) is 6.20. The van der Waals surface area contributed by atoms with E-state index in [1.54, 1.807) is 36.4 Å². The molecule has 0 bridgehead atoms. The fourth-order valence-electron chi connectivity index (χ4n) is 2.28. The standard InChI is InChI=1S/C19H11Cl4N3O2/c20-10-4-1-5-11(21)16(10)25-18(27)14-8-3-9-15(24-14)19(28)26-17-12(22)6-2-7-13(17)23/h1-9H,(H,25,27)(H,26,28). The normalized spacial score (nSPS) is 10.4. The summed E-state index contributed by atoms with van der Waals surface area (Å²) in [7, 11) is 0. The molecular weight excluding hydrogens is 444 g/mol. The summed E-state index contributed by atoms with van der Waals surface area (Å²) in [4.78, 5) is 29.1. The van der Waals surface area contributed by atoms with Gasteiger partial charge in [0.05, 0.1) is 31.5 Å². The lowest BCUT2D eigenvalue weighted by molar-refractivity contribution is 0.101. The number of benzene rings is 2. The zero-order valence-electron chi connectivity index (χ0n) is 14.0. The van der Waals surface area contributed by atoms with Crippen LogP contribution in [-0.4, -0.2) is 16.8 Å². The second-order valence-corrected chi connectivity index (χ2v) is 7.14. The molecule has 0 radical (unpaired) electrons. The van der Waals surface area contributed by atoms with Crippen LogP contribution in [0.15, 0.2) is 54.6 Å². The summed E-state index contributed by atoms with van der Waals surface area (Å²) in [6, 6.07) is 14.1. The number of nitrogens with one attached hydrogen (secondary N) is 2. The summed E-state index contributed by atoms with van der Waals surface area (Å²) >= 11 is 24.2. The highest BCUT2D eigenvalue weighted by atomic mass is 35.5. The van der Waals surface area contributed by atoms with E-state index in [2.05, 4.69) is 15.6 Å². The van der Waals surface area contributed by atoms with Gasteiger partial charge in [-0.2, -0.15) is 0 Å². The maximum absolute atomic E-state index is 12.5. The molecule has 3 aromatic rings. The molecule has 0 aliphatic rings. The molecule has 28 heavy (non-hydrogen) atoms. The number of halogens is 4. The molecule has 2 aromatic carbocycles. The molecule has 1 aromatic heterocycles. The maximum atomic E-state index is 12.5. The highest BCUT2D eigenvalue weighted by Gasteiger charge is 2.17. The minimum Gasteiger partial charge on any atom is -0.318 e. The van der Waals surface area contributed by atoms with E-state index in [1.807, 2.05) is 0 Å². The van der Waals surface area contributed by atoms with Crippen molar-refractivity contribution in [2.24, 2.45) is 0 Å². The van der Waals surface area contributed by atoms with Crippen LogP contribution >= 0.6 is 46.4 Å². The Balaban J connectivity index is 1.82. The van der Waals surface area contributed by atoms with Crippen LogP contribution in [0.25, 0.3) is 0 Å². The van der Waals surface area contributed by atoms with Gasteiger partial charge in [0.2, 0.25) is 0 Å². The van der Waals surface area contributed by atoms with Gasteiger partial charge < -0.3 is 10.6 Å². The van der Waals surface area contributed by atoms with Gasteiger partial charge in [-0.25, -0.2) is 4.98 Å². The lowest BCUT2D eigenvalue weighted by atomic mass is 10.2. The topological polar surface area (TPSA) is 71.1 Å². The first-order chi connectivity index (χ1) is 13.4. The highest BCUT2D eigenvalue weighted by Crippen LogP contribution is 2.31. The number of anilines is 2. The van der Waals surface area contributed by atoms with Gasteiger partial charge >= 0.3 is 0 Å². The predicted molar refractivity (Wildman–Crippen MR) is 113 cm³/mol. The molecule has 2 amide bonds. The van der Waals surface area contributed by atoms with Crippen molar-refractivity contribution < 1.29 is 9.59 Å². The van der Waals surface area contributed by atoms with Crippen molar-refractivity contribution in [2.75, 3.05) is 10.6 Å². The number of aromatic nitrogens is 1. The summed E-state index contributed by atoms with van der Waals surface area (Å²) in [5.41, 5.74) is 0.536. The van der Waals surface area contributed by atoms with E-state index in [1.165, 1.54) is 18.2 Å². The third-order valence-corrected chi connectivity index (χ3v) is 4.88. The van der Waals surface area contributed by atoms with Crippen molar-refractivity contribution in [3.8, 4) is 0 Å². The molecule has 1 heterocycles. The quantitative estimate of drug-likeness (QED) is 0.492. The van der Waals surface area contributed by atoms with Crippen LogP contribution < -0.4 is 10.6 Å². The fourth-order valence-corrected chi connectivity index (χ4v) is 3.26. The molecule has 9 heteroatoms. The fraction of sp³-hybridized carbons (Fsp3) is 0. The average Bonchev–Trinajstić information content (AvgIpc) is 2.67. The Hall–Kier alpha value is -2.31. The number of amides is 2. The number of para-hydroxylation sites is 2. The Morgan fingerprint density at radius 3 is 1.29 bits per heavy atom. The lowest BCUT2D eigenvalue weighted by Crippen LogP contribution is -2.19. The minimum absolute atomic E-state index is 0.00823. The summed E-state index contributed by atoms with van der Waals surface area (Å²) in [6.07, 6.45) is 0. The second-order valence-electron chi connectivity index (χ2n) is 5.51. The molecule has 0 saturated heterocycles. The van der Waals surface area contributed by atoms with Crippen molar-refractivity contribution in [3.05, 3.63) is 86.1 Å². The van der Waals surface area contributed by atoms with E-state index in [0.29, 0.717) is 0 Å². The number of carbonyl (C=O) groups is 2. The van der Waals surface area contributed by atoms with Crippen LogP contribution in [0.4, 0.5) is 11.4 Å². The van der Waals surface area contributed by atoms with Crippen molar-refractivity contribution in [2.45, 2.75) is 0 Å². The molecule has 0 atom stereocenters. The van der Waals surface area contributed by atoms with Gasteiger partial charge in [-0.15, -0.1) is 0 Å². The van der Waals surface area contributed by atoms with E-state index in [-0.39, 0.29) is 42.9 Å². The van der Waals surface area contributed by atoms with Gasteiger partial charge in [0, 0.05) is 0 Å². The zero-order chi connectivity index (χ0) is 20.3. The molecule has 5 nitrogen and oxygen atoms in total. The molecule has 0 unspecified atom stereocenters. The van der Waals surface area contributed by atoms with Gasteiger partial charge in [-0.1, -0.05) is 64.6 Å². The van der Waals surface area contributed by atoms with Crippen molar-refractivity contribution in [1.82, 2.24) is 4.98 Å². The van der Waals surface area contributed by atoms with E-state index >= 15 is 0 Å². The molecule has 0 fully saturated rings. The SMILES string of the molecule is O=C(Nc1c(Cl)cccc1Cl)c1cccc(C(=O)Nc2c(Cl)cccc2Cl)n1. The van der Waals surface area contributed by atoms with Crippen LogP contribution in [0, 0.1) is 0 Å². The van der Waals surface area contributed by atoms with Crippen molar-refractivity contribution in [3.63, 3.8) is 0 Å². The van der Waals surface area contributed by atoms with Gasteiger partial charge in [0.25, 0.3) is 11.8 Å². The smallest absolute Gasteiger partial charge is 0.274 e. The van der Waals surface area contributed by atoms with Gasteiger partial charge in [-0.3, -0.25) is 9.59 Å². The molecule has 0 saturated carbocycles. The first-order valence-electron chi connectivity index (χ1n) is 7.84. The number of carbonyl (C=O) groups excluding carboxylic acids is 2. The Kier molecular flexibility index (Phi) is 6.42. The number of hydrogen-bond donors (Lipinski definition) is 2. The van der Waals surface area contributed by atoms with Crippen LogP contribution in [-0.2, 0) is 0 Å². The first-order valence-corrected chi connectivity index (χ1v) is 9.36. The second kappa shape index (κ2) is 8.80. The van der Waals surface area contributed by atoms with Gasteiger partial charge in [0.15, 0.2) is 0 Å². The third-order valence-electron chi connectivity index (χ3n) is 3.62. The largest absolute Gasteiger partial charge is 0.318 e. The maximum Gasteiger partial charge on any atom is 0.274 e. The molecule has 142 valence electrons. The molecular formula is C19H11Cl4N3O2. The molecule has 3 rings (SSSR count). The first kappa shape index (κ1) is 20.4.